The van der Waals surface area contributed by atoms with Gasteiger partial charge in [-0.2, -0.15) is 0 Å². The molecule has 0 saturated carbocycles. The number of fused-ring (bicyclic) bond motifs is 2. The smallest absolute Gasteiger partial charge is 0.185 e. The Morgan fingerprint density at radius 3 is 2.76 bits per heavy atom. The summed E-state index contributed by atoms with van der Waals surface area (Å²) in [5.41, 5.74) is 5.67. The van der Waals surface area contributed by atoms with Crippen LogP contribution < -0.4 is 5.32 Å². The van der Waals surface area contributed by atoms with Crippen LogP contribution in [0.5, 0.6) is 0 Å². The Labute approximate surface area is 215 Å². The van der Waals surface area contributed by atoms with Gasteiger partial charge >= 0.3 is 0 Å². The topological polar surface area (TPSA) is 70.1 Å². The fourth-order valence-corrected chi connectivity index (χ4v) is 4.68. The number of aryl methyl sites for hydroxylation is 1. The molecule has 5 nitrogen and oxygen atoms in total. The zero-order valence-electron chi connectivity index (χ0n) is 20.7. The summed E-state index contributed by atoms with van der Waals surface area (Å²) in [6.45, 7) is 3.52. The summed E-state index contributed by atoms with van der Waals surface area (Å²) in [6, 6.07) is 20.3. The largest absolute Gasteiger partial charge is 0.390 e. The predicted octanol–water partition coefficient (Wildman–Crippen LogP) is 5.66. The SMILES string of the molecule is Cc1ccc(C(=O)/C=C/c2cn(CC(O)CNCCc3c[nH]c4ccc(F)cc34)c3ccccc23)cc1. The number of nitrogens with one attached hydrogen (secondary N) is 2. The lowest BCUT2D eigenvalue weighted by atomic mass is 10.1. The van der Waals surface area contributed by atoms with E-state index in [1.165, 1.54) is 6.07 Å². The first-order valence-corrected chi connectivity index (χ1v) is 12.5. The quantitative estimate of drug-likeness (QED) is 0.133. The van der Waals surface area contributed by atoms with Crippen molar-refractivity contribution in [3.05, 3.63) is 113 Å². The molecule has 2 heterocycles. The van der Waals surface area contributed by atoms with Crippen molar-refractivity contribution in [1.82, 2.24) is 14.9 Å². The van der Waals surface area contributed by atoms with Crippen LogP contribution in [0.4, 0.5) is 4.39 Å². The number of aromatic nitrogens is 2. The van der Waals surface area contributed by atoms with Gasteiger partial charge in [0, 0.05) is 58.4 Å². The van der Waals surface area contributed by atoms with Gasteiger partial charge in [0.15, 0.2) is 5.78 Å². The Hall–Kier alpha value is -4.00. The van der Waals surface area contributed by atoms with Crippen molar-refractivity contribution in [2.45, 2.75) is 26.0 Å². The molecule has 37 heavy (non-hydrogen) atoms. The van der Waals surface area contributed by atoms with Crippen molar-refractivity contribution in [3.8, 4) is 0 Å². The highest BCUT2D eigenvalue weighted by Gasteiger charge is 2.12. The van der Waals surface area contributed by atoms with Crippen LogP contribution in [0.2, 0.25) is 0 Å². The molecule has 3 N–H and O–H groups in total. The maximum Gasteiger partial charge on any atom is 0.185 e. The highest BCUT2D eigenvalue weighted by atomic mass is 19.1. The summed E-state index contributed by atoms with van der Waals surface area (Å²) in [5, 5.41) is 15.9. The van der Waals surface area contributed by atoms with Crippen LogP contribution in [-0.4, -0.2) is 39.6 Å². The van der Waals surface area contributed by atoms with E-state index in [2.05, 4.69) is 10.3 Å². The lowest BCUT2D eigenvalue weighted by molar-refractivity contribution is 0.104. The number of allylic oxidation sites excluding steroid dienone is 1. The molecule has 1 unspecified atom stereocenters. The van der Waals surface area contributed by atoms with Gasteiger partial charge in [0.1, 0.15) is 5.82 Å². The van der Waals surface area contributed by atoms with Gasteiger partial charge in [-0.3, -0.25) is 4.79 Å². The fourth-order valence-electron chi connectivity index (χ4n) is 4.68. The van der Waals surface area contributed by atoms with Gasteiger partial charge in [-0.05, 0) is 61.9 Å². The van der Waals surface area contributed by atoms with E-state index in [1.807, 2.05) is 78.5 Å². The van der Waals surface area contributed by atoms with E-state index < -0.39 is 6.10 Å². The third kappa shape index (κ3) is 5.71. The maximum absolute atomic E-state index is 13.6. The summed E-state index contributed by atoms with van der Waals surface area (Å²) in [4.78, 5) is 15.8. The molecule has 0 bridgehead atoms. The minimum absolute atomic E-state index is 0.0426. The Kier molecular flexibility index (Phi) is 7.30. The molecule has 5 aromatic rings. The molecule has 0 amide bonds. The highest BCUT2D eigenvalue weighted by molar-refractivity contribution is 6.07. The summed E-state index contributed by atoms with van der Waals surface area (Å²) < 4.78 is 15.6. The number of para-hydroxylation sites is 1. The number of carbonyl (C=O) groups is 1. The van der Waals surface area contributed by atoms with Crippen LogP contribution in [-0.2, 0) is 13.0 Å². The number of halogens is 1. The molecule has 6 heteroatoms. The molecule has 2 aromatic heterocycles. The van der Waals surface area contributed by atoms with Crippen LogP contribution in [0.1, 0.15) is 27.0 Å². The lowest BCUT2D eigenvalue weighted by Crippen LogP contribution is -2.31. The molecule has 0 aliphatic carbocycles. The summed E-state index contributed by atoms with van der Waals surface area (Å²) in [5.74, 6) is -0.289. The van der Waals surface area contributed by atoms with Crippen molar-refractivity contribution in [2.24, 2.45) is 0 Å². The molecular weight excluding hydrogens is 465 g/mol. The third-order valence-electron chi connectivity index (χ3n) is 6.66. The monoisotopic (exact) mass is 495 g/mol. The van der Waals surface area contributed by atoms with Gasteiger partial charge in [-0.15, -0.1) is 0 Å². The van der Waals surface area contributed by atoms with Crippen LogP contribution in [0.15, 0.2) is 85.2 Å². The lowest BCUT2D eigenvalue weighted by Gasteiger charge is -2.13. The molecule has 1 atom stereocenters. The van der Waals surface area contributed by atoms with Gasteiger partial charge in [-0.25, -0.2) is 4.39 Å². The van der Waals surface area contributed by atoms with E-state index >= 15 is 0 Å². The number of rotatable bonds is 10. The van der Waals surface area contributed by atoms with Gasteiger partial charge < -0.3 is 20.0 Å². The van der Waals surface area contributed by atoms with Crippen molar-refractivity contribution < 1.29 is 14.3 Å². The van der Waals surface area contributed by atoms with E-state index in [1.54, 1.807) is 18.2 Å². The number of aliphatic hydroxyl groups is 1. The van der Waals surface area contributed by atoms with Crippen molar-refractivity contribution in [3.63, 3.8) is 0 Å². The number of hydrogen-bond donors (Lipinski definition) is 3. The van der Waals surface area contributed by atoms with Crippen molar-refractivity contribution in [1.29, 1.82) is 0 Å². The van der Waals surface area contributed by atoms with Gasteiger partial charge in [0.2, 0.25) is 0 Å². The molecule has 0 aliphatic heterocycles. The Morgan fingerprint density at radius 2 is 1.92 bits per heavy atom. The number of H-pyrrole nitrogens is 1. The minimum Gasteiger partial charge on any atom is -0.390 e. The molecular formula is C31H30FN3O2. The first kappa shape index (κ1) is 24.7. The number of ketones is 1. The van der Waals surface area contributed by atoms with E-state index in [0.717, 1.165) is 44.9 Å². The molecule has 5 rings (SSSR count). The Balaban J connectivity index is 1.21. The van der Waals surface area contributed by atoms with Gasteiger partial charge in [0.05, 0.1) is 6.10 Å². The minimum atomic E-state index is -0.595. The van der Waals surface area contributed by atoms with Crippen LogP contribution >= 0.6 is 0 Å². The highest BCUT2D eigenvalue weighted by Crippen LogP contribution is 2.23. The summed E-state index contributed by atoms with van der Waals surface area (Å²) in [7, 11) is 0. The second-order valence-electron chi connectivity index (χ2n) is 9.43. The number of carbonyl (C=O) groups excluding carboxylic acids is 1. The first-order valence-electron chi connectivity index (χ1n) is 12.5. The van der Waals surface area contributed by atoms with E-state index in [9.17, 15) is 14.3 Å². The van der Waals surface area contributed by atoms with Crippen molar-refractivity contribution in [2.75, 3.05) is 13.1 Å². The Morgan fingerprint density at radius 1 is 1.11 bits per heavy atom. The number of benzene rings is 3. The molecule has 0 fully saturated rings. The molecule has 188 valence electrons. The average Bonchev–Trinajstić information content (AvgIpc) is 3.46. The predicted molar refractivity (Wildman–Crippen MR) is 147 cm³/mol. The average molecular weight is 496 g/mol. The number of aliphatic hydroxyl groups excluding tert-OH is 1. The second kappa shape index (κ2) is 10.9. The molecule has 0 radical (unpaired) electrons. The number of aromatic amines is 1. The first-order chi connectivity index (χ1) is 18.0. The van der Waals surface area contributed by atoms with E-state index in [0.29, 0.717) is 25.2 Å². The summed E-state index contributed by atoms with van der Waals surface area (Å²) in [6.07, 6.45) is 7.47. The van der Waals surface area contributed by atoms with E-state index in [-0.39, 0.29) is 11.6 Å². The standard InChI is InChI=1S/C31H30FN3O2/c1-21-6-8-22(9-7-21)31(37)13-10-24-19-35(30-5-3-2-4-27(24)30)20-26(36)18-33-15-14-23-17-34-29-12-11-25(32)16-28(23)29/h2-13,16-17,19,26,33-34,36H,14-15,18,20H2,1H3/b13-10+. The molecule has 3 aromatic carbocycles. The number of hydrogen-bond acceptors (Lipinski definition) is 3. The number of nitrogens with zero attached hydrogens (tertiary/aromatic N) is 1. The third-order valence-corrected chi connectivity index (χ3v) is 6.66. The zero-order valence-corrected chi connectivity index (χ0v) is 20.7. The molecule has 0 saturated heterocycles. The molecule has 0 aliphatic rings. The van der Waals surface area contributed by atoms with E-state index in [4.69, 9.17) is 0 Å². The summed E-state index contributed by atoms with van der Waals surface area (Å²) >= 11 is 0. The van der Waals surface area contributed by atoms with Crippen molar-refractivity contribution >= 4 is 33.7 Å². The fraction of sp³-hybridized carbons (Fsp3) is 0.194. The Bertz CT molecular complexity index is 1560. The maximum atomic E-state index is 13.6. The second-order valence-corrected chi connectivity index (χ2v) is 9.43. The molecule has 0 spiro atoms. The van der Waals surface area contributed by atoms with Gasteiger partial charge in [-0.1, -0.05) is 48.0 Å². The zero-order chi connectivity index (χ0) is 25.8. The van der Waals surface area contributed by atoms with Crippen LogP contribution in [0, 0.1) is 12.7 Å². The van der Waals surface area contributed by atoms with Crippen LogP contribution in [0.3, 0.4) is 0 Å². The van der Waals surface area contributed by atoms with Crippen LogP contribution in [0.25, 0.3) is 27.9 Å². The van der Waals surface area contributed by atoms with Gasteiger partial charge in [0.25, 0.3) is 0 Å². The normalized spacial score (nSPS) is 12.6.